The Labute approximate surface area is 132 Å². The molecular weight excluding hydrogens is 316 g/mol. The van der Waals surface area contributed by atoms with Crippen molar-refractivity contribution in [3.63, 3.8) is 0 Å². The summed E-state index contributed by atoms with van der Waals surface area (Å²) >= 11 is 3.63. The number of nitrogens with one attached hydrogen (secondary N) is 1. The van der Waals surface area contributed by atoms with Crippen LogP contribution in [0.1, 0.15) is 32.9 Å². The van der Waals surface area contributed by atoms with Crippen LogP contribution in [-0.2, 0) is 13.0 Å². The molecule has 5 heteroatoms. The third-order valence-corrected chi connectivity index (χ3v) is 4.28. The predicted molar refractivity (Wildman–Crippen MR) is 89.1 cm³/mol. The van der Waals surface area contributed by atoms with E-state index in [9.17, 15) is 0 Å². The lowest BCUT2D eigenvalue weighted by Crippen LogP contribution is -2.34. The third-order valence-electron chi connectivity index (χ3n) is 3.62. The third kappa shape index (κ3) is 5.54. The Balaban J connectivity index is 2.63. The molecule has 0 fully saturated rings. The van der Waals surface area contributed by atoms with Crippen LogP contribution in [-0.4, -0.2) is 47.9 Å². The van der Waals surface area contributed by atoms with Crippen molar-refractivity contribution in [1.82, 2.24) is 20.0 Å². The van der Waals surface area contributed by atoms with Crippen LogP contribution < -0.4 is 5.32 Å². The number of nitrogens with zero attached hydrogens (tertiary/aromatic N) is 3. The second-order valence-corrected chi connectivity index (χ2v) is 6.77. The van der Waals surface area contributed by atoms with Gasteiger partial charge in [-0.05, 0) is 55.3 Å². The molecule has 0 aliphatic heterocycles. The number of rotatable bonds is 9. The highest BCUT2D eigenvalue weighted by Crippen LogP contribution is 2.19. The SMILES string of the molecule is CCNC(CCc1c(Br)cnn1CCN(C)C)C(C)C. The van der Waals surface area contributed by atoms with Crippen LogP contribution in [0.4, 0.5) is 0 Å². The van der Waals surface area contributed by atoms with E-state index in [0.29, 0.717) is 12.0 Å². The van der Waals surface area contributed by atoms with Gasteiger partial charge in [0, 0.05) is 12.6 Å². The molecule has 0 spiro atoms. The second-order valence-electron chi connectivity index (χ2n) is 5.91. The second kappa shape index (κ2) is 8.80. The van der Waals surface area contributed by atoms with Gasteiger partial charge in [-0.3, -0.25) is 4.68 Å². The number of hydrogen-bond acceptors (Lipinski definition) is 3. The normalized spacial score (nSPS) is 13.4. The number of likely N-dealkylation sites (N-methyl/N-ethyl adjacent to an activating group) is 1. The van der Waals surface area contributed by atoms with Crippen molar-refractivity contribution in [2.24, 2.45) is 5.92 Å². The molecule has 0 aliphatic carbocycles. The van der Waals surface area contributed by atoms with Crippen LogP contribution in [0, 0.1) is 5.92 Å². The molecule has 1 N–H and O–H groups in total. The summed E-state index contributed by atoms with van der Waals surface area (Å²) in [4.78, 5) is 2.19. The fourth-order valence-corrected chi connectivity index (χ4v) is 2.84. The highest BCUT2D eigenvalue weighted by atomic mass is 79.9. The van der Waals surface area contributed by atoms with Gasteiger partial charge in [-0.15, -0.1) is 0 Å². The van der Waals surface area contributed by atoms with Gasteiger partial charge in [0.25, 0.3) is 0 Å². The first-order valence-corrected chi connectivity index (χ1v) is 8.33. The highest BCUT2D eigenvalue weighted by molar-refractivity contribution is 9.10. The maximum atomic E-state index is 4.48. The topological polar surface area (TPSA) is 33.1 Å². The first-order valence-electron chi connectivity index (χ1n) is 7.54. The van der Waals surface area contributed by atoms with E-state index in [0.717, 1.165) is 36.9 Å². The molecule has 20 heavy (non-hydrogen) atoms. The Hall–Kier alpha value is -0.390. The van der Waals surface area contributed by atoms with Crippen LogP contribution in [0.5, 0.6) is 0 Å². The van der Waals surface area contributed by atoms with Gasteiger partial charge in [0.15, 0.2) is 0 Å². The zero-order chi connectivity index (χ0) is 15.1. The van der Waals surface area contributed by atoms with Crippen LogP contribution in [0.2, 0.25) is 0 Å². The summed E-state index contributed by atoms with van der Waals surface area (Å²) in [6, 6.07) is 0.573. The lowest BCUT2D eigenvalue weighted by molar-refractivity contribution is 0.360. The summed E-state index contributed by atoms with van der Waals surface area (Å²) in [5.74, 6) is 0.659. The molecule has 0 saturated carbocycles. The largest absolute Gasteiger partial charge is 0.314 e. The van der Waals surface area contributed by atoms with Crippen LogP contribution in [0.25, 0.3) is 0 Å². The summed E-state index contributed by atoms with van der Waals surface area (Å²) in [6.07, 6.45) is 4.13. The van der Waals surface area contributed by atoms with E-state index >= 15 is 0 Å². The minimum Gasteiger partial charge on any atom is -0.314 e. The van der Waals surface area contributed by atoms with Crippen molar-refractivity contribution in [2.45, 2.75) is 46.2 Å². The van der Waals surface area contributed by atoms with E-state index in [2.05, 4.69) is 70.8 Å². The number of aromatic nitrogens is 2. The maximum Gasteiger partial charge on any atom is 0.0635 e. The standard InChI is InChI=1S/C15H29BrN4/c1-6-17-14(12(2)3)7-8-15-13(16)11-18-20(15)10-9-19(4)5/h11-12,14,17H,6-10H2,1-5H3. The van der Waals surface area contributed by atoms with Crippen molar-refractivity contribution in [2.75, 3.05) is 27.2 Å². The van der Waals surface area contributed by atoms with Gasteiger partial charge in [0.1, 0.15) is 0 Å². The van der Waals surface area contributed by atoms with Crippen molar-refractivity contribution in [1.29, 1.82) is 0 Å². The molecule has 1 heterocycles. The molecule has 1 rings (SSSR count). The van der Waals surface area contributed by atoms with E-state index in [1.165, 1.54) is 5.69 Å². The molecule has 1 aromatic rings. The Morgan fingerprint density at radius 1 is 1.40 bits per heavy atom. The highest BCUT2D eigenvalue weighted by Gasteiger charge is 2.15. The van der Waals surface area contributed by atoms with Gasteiger partial charge in [0.05, 0.1) is 22.9 Å². The molecule has 0 radical (unpaired) electrons. The molecule has 1 atom stereocenters. The van der Waals surface area contributed by atoms with Crippen molar-refractivity contribution in [3.05, 3.63) is 16.4 Å². The summed E-state index contributed by atoms with van der Waals surface area (Å²) in [7, 11) is 4.19. The van der Waals surface area contributed by atoms with E-state index in [1.807, 2.05) is 6.20 Å². The van der Waals surface area contributed by atoms with Crippen molar-refractivity contribution >= 4 is 15.9 Å². The summed E-state index contributed by atoms with van der Waals surface area (Å²) in [5.41, 5.74) is 1.32. The maximum absolute atomic E-state index is 4.48. The first-order chi connectivity index (χ1) is 9.45. The van der Waals surface area contributed by atoms with Gasteiger partial charge in [-0.2, -0.15) is 5.10 Å². The molecule has 0 aromatic carbocycles. The average Bonchev–Trinajstić information content (AvgIpc) is 2.72. The van der Waals surface area contributed by atoms with Crippen LogP contribution >= 0.6 is 15.9 Å². The Morgan fingerprint density at radius 3 is 2.65 bits per heavy atom. The first kappa shape index (κ1) is 17.7. The van der Waals surface area contributed by atoms with Crippen LogP contribution in [0.15, 0.2) is 10.7 Å². The zero-order valence-corrected chi connectivity index (χ0v) is 15.1. The lowest BCUT2D eigenvalue weighted by Gasteiger charge is -2.22. The van der Waals surface area contributed by atoms with Gasteiger partial charge in [0.2, 0.25) is 0 Å². The smallest absolute Gasteiger partial charge is 0.0635 e. The summed E-state index contributed by atoms with van der Waals surface area (Å²) < 4.78 is 3.27. The van der Waals surface area contributed by atoms with E-state index in [-0.39, 0.29) is 0 Å². The molecular formula is C15H29BrN4. The minimum absolute atomic E-state index is 0.573. The molecule has 4 nitrogen and oxygen atoms in total. The Morgan fingerprint density at radius 2 is 2.10 bits per heavy atom. The van der Waals surface area contributed by atoms with Gasteiger partial charge in [-0.1, -0.05) is 20.8 Å². The average molecular weight is 345 g/mol. The Bertz CT molecular complexity index is 387. The molecule has 0 amide bonds. The van der Waals surface area contributed by atoms with Gasteiger partial charge in [-0.25, -0.2) is 0 Å². The van der Waals surface area contributed by atoms with Gasteiger partial charge < -0.3 is 10.2 Å². The molecule has 0 bridgehead atoms. The summed E-state index contributed by atoms with van der Waals surface area (Å²) in [5, 5.41) is 8.06. The monoisotopic (exact) mass is 344 g/mol. The molecule has 0 aliphatic rings. The van der Waals surface area contributed by atoms with E-state index in [1.54, 1.807) is 0 Å². The quantitative estimate of drug-likeness (QED) is 0.747. The molecule has 1 aromatic heterocycles. The van der Waals surface area contributed by atoms with Crippen LogP contribution in [0.3, 0.4) is 0 Å². The Kier molecular flexibility index (Phi) is 7.77. The van der Waals surface area contributed by atoms with E-state index < -0.39 is 0 Å². The molecule has 1 unspecified atom stereocenters. The van der Waals surface area contributed by atoms with Crippen molar-refractivity contribution < 1.29 is 0 Å². The van der Waals surface area contributed by atoms with Gasteiger partial charge >= 0.3 is 0 Å². The number of hydrogen-bond donors (Lipinski definition) is 1. The molecule has 116 valence electrons. The summed E-state index contributed by atoms with van der Waals surface area (Å²) in [6.45, 7) is 9.73. The fourth-order valence-electron chi connectivity index (χ4n) is 2.35. The zero-order valence-electron chi connectivity index (χ0n) is 13.5. The number of halogens is 1. The molecule has 0 saturated heterocycles. The lowest BCUT2D eigenvalue weighted by atomic mass is 9.98. The fraction of sp³-hybridized carbons (Fsp3) is 0.800. The van der Waals surface area contributed by atoms with Crippen molar-refractivity contribution in [3.8, 4) is 0 Å². The predicted octanol–water partition coefficient (Wildman–Crippen LogP) is 2.77. The minimum atomic E-state index is 0.573. The van der Waals surface area contributed by atoms with E-state index in [4.69, 9.17) is 0 Å².